The molecule has 2 aliphatic carbocycles. The third-order valence-electron chi connectivity index (χ3n) is 13.8. The number of benzene rings is 1. The molecule has 0 atom stereocenters. The van der Waals surface area contributed by atoms with Crippen molar-refractivity contribution in [2.24, 2.45) is 28.2 Å². The molecule has 9 rings (SSSR count). The maximum absolute atomic E-state index is 13.0. The molecule has 2 aliphatic heterocycles. The fourth-order valence-corrected chi connectivity index (χ4v) is 8.63. The Morgan fingerprint density at radius 2 is 0.733 bits per heavy atom. The highest BCUT2D eigenvalue weighted by Gasteiger charge is 2.23. The lowest BCUT2D eigenvalue weighted by atomic mass is 9.92. The number of esters is 3. The molecule has 0 fully saturated rings. The van der Waals surface area contributed by atoms with Gasteiger partial charge in [0.2, 0.25) is 0 Å². The summed E-state index contributed by atoms with van der Waals surface area (Å²) in [5, 5.41) is 10.8. The molecular weight excluding hydrogens is 1130 g/mol. The van der Waals surface area contributed by atoms with Crippen molar-refractivity contribution in [1.29, 1.82) is 0 Å². The van der Waals surface area contributed by atoms with E-state index in [1.54, 1.807) is 93.7 Å². The van der Waals surface area contributed by atoms with Gasteiger partial charge in [0.15, 0.2) is 61.1 Å². The van der Waals surface area contributed by atoms with Gasteiger partial charge in [-0.25, -0.2) is 32.7 Å². The van der Waals surface area contributed by atoms with Crippen molar-refractivity contribution in [3.63, 3.8) is 0 Å². The lowest BCUT2D eigenvalue weighted by molar-refractivity contribution is -0.671. The molecule has 0 radical (unpaired) electrons. The molecule has 0 unspecified atom stereocenters. The Kier molecular flexibility index (Phi) is 24.4. The Bertz CT molecular complexity index is 3730. The molecule has 15 heteroatoms. The Morgan fingerprint density at radius 1 is 0.433 bits per heavy atom. The van der Waals surface area contributed by atoms with Gasteiger partial charge in [0, 0.05) is 121 Å². The average molecular weight is 1210 g/mol. The second-order valence-corrected chi connectivity index (χ2v) is 20.9. The number of hydrogen-bond acceptors (Lipinski definition) is 11. The molecule has 6 heterocycles. The van der Waals surface area contributed by atoms with Gasteiger partial charge in [-0.2, -0.15) is 0 Å². The van der Waals surface area contributed by atoms with E-state index < -0.39 is 17.9 Å². The summed E-state index contributed by atoms with van der Waals surface area (Å²) < 4.78 is 23.2. The van der Waals surface area contributed by atoms with Crippen LogP contribution in [0.1, 0.15) is 64.5 Å². The molecule has 0 amide bonds. The summed E-state index contributed by atoms with van der Waals surface area (Å²) in [4.78, 5) is 66.8. The summed E-state index contributed by atoms with van der Waals surface area (Å²) in [7, 11) is 11.7. The first-order chi connectivity index (χ1) is 43.4. The number of carbonyl (C=O) groups is 5. The number of aryl methyl sites for hydroxylation is 4. The quantitative estimate of drug-likeness (QED) is 0.0434. The highest BCUT2D eigenvalue weighted by Crippen LogP contribution is 2.30. The number of allylic oxidation sites excluding steroid dienone is 18. The van der Waals surface area contributed by atoms with Crippen LogP contribution in [-0.2, 0) is 61.6 Å². The maximum atomic E-state index is 13.0. The average Bonchev–Trinajstić information content (AvgIpc) is 1.43. The van der Waals surface area contributed by atoms with Crippen LogP contribution in [0, 0.1) is 0 Å². The topological polar surface area (TPSA) is 155 Å². The number of phenolic OH excluding ortho intramolecular Hbond substituents is 1. The predicted molar refractivity (Wildman–Crippen MR) is 350 cm³/mol. The van der Waals surface area contributed by atoms with E-state index in [1.165, 1.54) is 0 Å². The largest absolute Gasteiger partial charge is 0.507 e. The number of Topliss-reactive ketones (excluding diaryl/α,β-unsaturated/α-hetero) is 2. The standard InChI is InChI=1S/3C25H25N2O3/c3*1-4-30-25(29)23-17-21(7-5-19-9-13-26(2)14-10-19)24(28)22(18-23)8-6-20-11-15-27(3)16-12-20/h3*5-18H,4H2,1-3H3/q3*+1/p+1. The molecule has 1 aromatic carbocycles. The summed E-state index contributed by atoms with van der Waals surface area (Å²) in [6, 6.07) is 19.0. The zero-order valence-electron chi connectivity index (χ0n) is 52.3. The van der Waals surface area contributed by atoms with E-state index in [2.05, 4.69) is 0 Å². The summed E-state index contributed by atoms with van der Waals surface area (Å²) >= 11 is 0. The Balaban J connectivity index is 0.000000192. The third kappa shape index (κ3) is 20.2. The summed E-state index contributed by atoms with van der Waals surface area (Å²) in [6.07, 6.45) is 59.1. The molecule has 0 spiro atoms. The number of rotatable bonds is 16. The number of ether oxygens (including phenoxy) is 3. The van der Waals surface area contributed by atoms with Crippen molar-refractivity contribution >= 4 is 65.9 Å². The summed E-state index contributed by atoms with van der Waals surface area (Å²) in [6.45, 7) is 6.12. The number of nitrogens with zero attached hydrogens (tertiary/aromatic N) is 6. The molecule has 15 nitrogen and oxygen atoms in total. The minimum Gasteiger partial charge on any atom is -0.507 e. The minimum absolute atomic E-state index is 0.110. The number of aromatic hydroxyl groups is 1. The van der Waals surface area contributed by atoms with E-state index in [9.17, 15) is 29.1 Å². The van der Waals surface area contributed by atoms with Crippen molar-refractivity contribution in [2.45, 2.75) is 20.8 Å². The molecule has 4 aliphatic rings. The van der Waals surface area contributed by atoms with Gasteiger partial charge >= 0.3 is 17.9 Å². The number of pyridine rings is 4. The monoisotopic (exact) mass is 1200 g/mol. The number of carbonyl (C=O) groups excluding carboxylic acids is 5. The number of phenols is 1. The van der Waals surface area contributed by atoms with Crippen molar-refractivity contribution in [3.8, 4) is 5.75 Å². The first-order valence-electron chi connectivity index (χ1n) is 29.3. The van der Waals surface area contributed by atoms with E-state index in [1.807, 2.05) is 254 Å². The van der Waals surface area contributed by atoms with Crippen LogP contribution < -0.4 is 18.3 Å². The van der Waals surface area contributed by atoms with Crippen LogP contribution in [0.25, 0.3) is 36.5 Å². The minimum atomic E-state index is -0.444. The lowest BCUT2D eigenvalue weighted by Crippen LogP contribution is -2.25. The summed E-state index contributed by atoms with van der Waals surface area (Å²) in [5.74, 6) is -1.48. The first kappa shape index (κ1) is 66.3. The van der Waals surface area contributed by atoms with E-state index >= 15 is 0 Å². The van der Waals surface area contributed by atoms with Gasteiger partial charge in [0.1, 0.15) is 33.9 Å². The van der Waals surface area contributed by atoms with Crippen molar-refractivity contribution in [2.75, 3.05) is 33.9 Å². The third-order valence-corrected chi connectivity index (χ3v) is 13.8. The zero-order valence-corrected chi connectivity index (χ0v) is 52.3. The van der Waals surface area contributed by atoms with Crippen LogP contribution in [0.2, 0.25) is 0 Å². The Hall–Kier alpha value is -11.2. The lowest BCUT2D eigenvalue weighted by Gasteiger charge is -2.13. The van der Waals surface area contributed by atoms with Crippen LogP contribution in [-0.4, -0.2) is 78.3 Å². The number of ketones is 2. The second-order valence-electron chi connectivity index (χ2n) is 20.9. The van der Waals surface area contributed by atoms with Crippen molar-refractivity contribution in [1.82, 2.24) is 9.80 Å². The molecule has 90 heavy (non-hydrogen) atoms. The van der Waals surface area contributed by atoms with E-state index in [4.69, 9.17) is 14.2 Å². The number of aromatic nitrogens is 4. The van der Waals surface area contributed by atoms with Gasteiger partial charge in [-0.1, -0.05) is 72.9 Å². The fraction of sp³-hybridized carbons (Fsp3) is 0.160. The highest BCUT2D eigenvalue weighted by atomic mass is 16.5. The maximum Gasteiger partial charge on any atom is 0.338 e. The van der Waals surface area contributed by atoms with Gasteiger partial charge < -0.3 is 29.1 Å². The molecule has 1 N–H and O–H groups in total. The van der Waals surface area contributed by atoms with Gasteiger partial charge in [0.05, 0.1) is 36.5 Å². The zero-order chi connectivity index (χ0) is 64.5. The van der Waals surface area contributed by atoms with Gasteiger partial charge in [-0.3, -0.25) is 9.59 Å². The van der Waals surface area contributed by atoms with Crippen LogP contribution in [0.3, 0.4) is 0 Å². The molecule has 5 aromatic rings. The van der Waals surface area contributed by atoms with Gasteiger partial charge in [0.25, 0.3) is 0 Å². The molecule has 456 valence electrons. The van der Waals surface area contributed by atoms with Crippen LogP contribution >= 0.6 is 0 Å². The normalized spacial score (nSPS) is 15.4. The van der Waals surface area contributed by atoms with E-state index in [0.29, 0.717) is 50.1 Å². The SMILES string of the molecule is CCOC(=O)C1=C/C(=C\C=C2C=CN(C)C=C2)C(=O)C(/C=C/c2cc[n+](C)cc2)=C1.CCOC(=O)C1=C/C(=C\C=C2C=CN(C)C=C2)C(=O)C(/C=C/c2cc[n+](C)cc2)=C1.CCOC(=O)c1cc(/C=C/c2cc[n+](C)cc2)c(O)c(/C=C/c2cc[n+](C)cc2)c1. The molecule has 0 saturated heterocycles. The van der Waals surface area contributed by atoms with Crippen LogP contribution in [0.15, 0.2) is 265 Å². The molecule has 4 aromatic heterocycles. The summed E-state index contributed by atoms with van der Waals surface area (Å²) in [5.41, 5.74) is 9.78. The smallest absolute Gasteiger partial charge is 0.338 e. The fourth-order valence-electron chi connectivity index (χ4n) is 8.63. The Morgan fingerprint density at radius 3 is 1.04 bits per heavy atom. The second kappa shape index (κ2) is 33.1. The molecule has 0 saturated carbocycles. The predicted octanol–water partition coefficient (Wildman–Crippen LogP) is 10.3. The van der Waals surface area contributed by atoms with Crippen LogP contribution in [0.5, 0.6) is 5.75 Å². The first-order valence-corrected chi connectivity index (χ1v) is 29.3. The van der Waals surface area contributed by atoms with Crippen molar-refractivity contribution < 1.29 is 61.6 Å². The van der Waals surface area contributed by atoms with Gasteiger partial charge in [-0.15, -0.1) is 0 Å². The highest BCUT2D eigenvalue weighted by molar-refractivity contribution is 6.17. The van der Waals surface area contributed by atoms with Crippen LogP contribution in [0.4, 0.5) is 0 Å². The molecule has 0 bridgehead atoms. The van der Waals surface area contributed by atoms with Gasteiger partial charge in [-0.05, 0) is 115 Å². The Labute approximate surface area is 527 Å². The van der Waals surface area contributed by atoms with E-state index in [0.717, 1.165) is 33.4 Å². The number of hydrogen-bond donors (Lipinski definition) is 1. The molecular formula is C75H76N6O9+4. The van der Waals surface area contributed by atoms with Crippen molar-refractivity contribution in [3.05, 3.63) is 304 Å². The van der Waals surface area contributed by atoms with E-state index in [-0.39, 0.29) is 37.1 Å².